The molecule has 0 atom stereocenters. The Balaban J connectivity index is 2.24. The summed E-state index contributed by atoms with van der Waals surface area (Å²) in [6, 6.07) is 7.55. The van der Waals surface area contributed by atoms with Crippen LogP contribution < -0.4 is 5.32 Å². The first-order chi connectivity index (χ1) is 7.65. The number of aromatic nitrogens is 1. The Morgan fingerprint density at radius 1 is 1.06 bits per heavy atom. The van der Waals surface area contributed by atoms with E-state index in [-0.39, 0.29) is 5.82 Å². The number of rotatable bonds is 2. The third-order valence-electron chi connectivity index (χ3n) is 2.17. The highest BCUT2D eigenvalue weighted by Crippen LogP contribution is 2.19. The lowest BCUT2D eigenvalue weighted by Crippen LogP contribution is -1.93. The van der Waals surface area contributed by atoms with E-state index in [1.54, 1.807) is 25.1 Å². The Hall–Kier alpha value is -1.97. The van der Waals surface area contributed by atoms with Crippen molar-refractivity contribution in [2.45, 2.75) is 6.92 Å². The Labute approximate surface area is 92.0 Å². The standard InChI is InChI=1S/C12H10F2N2/c1-8-6-9(2-3-11(8)13)16-10-4-5-15-12(14)7-10/h2-7H,1H3,(H,15,16). The molecule has 0 unspecified atom stereocenters. The maximum absolute atomic E-state index is 13.0. The molecule has 1 N–H and O–H groups in total. The Kier molecular flexibility index (Phi) is 2.81. The van der Waals surface area contributed by atoms with E-state index in [1.807, 2.05) is 0 Å². The summed E-state index contributed by atoms with van der Waals surface area (Å²) in [5.41, 5.74) is 1.84. The van der Waals surface area contributed by atoms with Crippen LogP contribution in [0.4, 0.5) is 20.2 Å². The topological polar surface area (TPSA) is 24.9 Å². The molecule has 2 aromatic rings. The summed E-state index contributed by atoms with van der Waals surface area (Å²) in [6.45, 7) is 1.67. The van der Waals surface area contributed by atoms with Crippen LogP contribution in [0.1, 0.15) is 5.56 Å². The first-order valence-electron chi connectivity index (χ1n) is 4.80. The lowest BCUT2D eigenvalue weighted by atomic mass is 10.2. The maximum atomic E-state index is 13.0. The first-order valence-corrected chi connectivity index (χ1v) is 4.80. The molecule has 0 saturated heterocycles. The van der Waals surface area contributed by atoms with Gasteiger partial charge in [0.25, 0.3) is 0 Å². The summed E-state index contributed by atoms with van der Waals surface area (Å²) < 4.78 is 25.8. The summed E-state index contributed by atoms with van der Waals surface area (Å²) >= 11 is 0. The monoisotopic (exact) mass is 220 g/mol. The number of anilines is 2. The van der Waals surface area contributed by atoms with Crippen molar-refractivity contribution >= 4 is 11.4 Å². The van der Waals surface area contributed by atoms with Gasteiger partial charge in [-0.25, -0.2) is 9.37 Å². The molecular weight excluding hydrogens is 210 g/mol. The largest absolute Gasteiger partial charge is 0.355 e. The highest BCUT2D eigenvalue weighted by atomic mass is 19.1. The molecule has 0 aliphatic heterocycles. The molecule has 4 heteroatoms. The predicted octanol–water partition coefficient (Wildman–Crippen LogP) is 3.41. The van der Waals surface area contributed by atoms with Crippen molar-refractivity contribution in [3.8, 4) is 0 Å². The van der Waals surface area contributed by atoms with Crippen molar-refractivity contribution in [1.29, 1.82) is 0 Å². The van der Waals surface area contributed by atoms with Gasteiger partial charge in [0.1, 0.15) is 5.82 Å². The molecule has 2 nitrogen and oxygen atoms in total. The molecule has 0 amide bonds. The van der Waals surface area contributed by atoms with Crippen LogP contribution in [0.25, 0.3) is 0 Å². The maximum Gasteiger partial charge on any atom is 0.214 e. The number of benzene rings is 1. The number of nitrogens with zero attached hydrogens (tertiary/aromatic N) is 1. The van der Waals surface area contributed by atoms with E-state index in [4.69, 9.17) is 0 Å². The summed E-state index contributed by atoms with van der Waals surface area (Å²) in [6.07, 6.45) is 1.37. The first kappa shape index (κ1) is 10.5. The number of pyridine rings is 1. The molecule has 1 heterocycles. The van der Waals surface area contributed by atoms with E-state index in [0.29, 0.717) is 16.9 Å². The highest BCUT2D eigenvalue weighted by molar-refractivity contribution is 5.59. The van der Waals surface area contributed by atoms with Gasteiger partial charge < -0.3 is 5.32 Å². The van der Waals surface area contributed by atoms with Crippen LogP contribution in [-0.2, 0) is 0 Å². The van der Waals surface area contributed by atoms with Gasteiger partial charge in [-0.05, 0) is 36.8 Å². The Bertz CT molecular complexity index is 512. The average molecular weight is 220 g/mol. The van der Waals surface area contributed by atoms with Gasteiger partial charge in [0, 0.05) is 23.6 Å². The second-order valence-electron chi connectivity index (χ2n) is 3.46. The molecule has 0 saturated carbocycles. The van der Waals surface area contributed by atoms with Gasteiger partial charge in [-0.2, -0.15) is 4.39 Å². The van der Waals surface area contributed by atoms with Crippen LogP contribution in [0.5, 0.6) is 0 Å². The number of aryl methyl sites for hydroxylation is 1. The lowest BCUT2D eigenvalue weighted by molar-refractivity contribution is 0.584. The van der Waals surface area contributed by atoms with Gasteiger partial charge >= 0.3 is 0 Å². The van der Waals surface area contributed by atoms with Gasteiger partial charge in [0.05, 0.1) is 0 Å². The smallest absolute Gasteiger partial charge is 0.214 e. The van der Waals surface area contributed by atoms with Gasteiger partial charge in [-0.1, -0.05) is 0 Å². The van der Waals surface area contributed by atoms with Crippen molar-refractivity contribution in [3.05, 3.63) is 53.9 Å². The molecule has 82 valence electrons. The van der Waals surface area contributed by atoms with Gasteiger partial charge in [-0.3, -0.25) is 0 Å². The molecule has 2 rings (SSSR count). The molecule has 0 radical (unpaired) electrons. The summed E-state index contributed by atoms with van der Waals surface area (Å²) in [4.78, 5) is 3.45. The van der Waals surface area contributed by atoms with Crippen LogP contribution in [-0.4, -0.2) is 4.98 Å². The summed E-state index contributed by atoms with van der Waals surface area (Å²) in [5.74, 6) is -0.810. The van der Waals surface area contributed by atoms with Crippen molar-refractivity contribution in [2.75, 3.05) is 5.32 Å². The van der Waals surface area contributed by atoms with Crippen LogP contribution in [0, 0.1) is 18.7 Å². The second kappa shape index (κ2) is 4.26. The second-order valence-corrected chi connectivity index (χ2v) is 3.46. The van der Waals surface area contributed by atoms with Gasteiger partial charge in [0.2, 0.25) is 5.95 Å². The van der Waals surface area contributed by atoms with E-state index < -0.39 is 5.95 Å². The van der Waals surface area contributed by atoms with Crippen LogP contribution in [0.3, 0.4) is 0 Å². The zero-order valence-electron chi connectivity index (χ0n) is 8.67. The Morgan fingerprint density at radius 3 is 2.50 bits per heavy atom. The Morgan fingerprint density at radius 2 is 1.81 bits per heavy atom. The number of halogens is 2. The lowest BCUT2D eigenvalue weighted by Gasteiger charge is -2.07. The third-order valence-corrected chi connectivity index (χ3v) is 2.17. The third kappa shape index (κ3) is 2.34. The SMILES string of the molecule is Cc1cc(Nc2ccnc(F)c2)ccc1F. The minimum absolute atomic E-state index is 0.258. The van der Waals surface area contributed by atoms with Crippen LogP contribution >= 0.6 is 0 Å². The molecular formula is C12H10F2N2. The summed E-state index contributed by atoms with van der Waals surface area (Å²) in [7, 11) is 0. The number of hydrogen-bond donors (Lipinski definition) is 1. The molecule has 16 heavy (non-hydrogen) atoms. The summed E-state index contributed by atoms with van der Waals surface area (Å²) in [5, 5.41) is 2.97. The average Bonchev–Trinajstić information content (AvgIpc) is 2.24. The number of nitrogens with one attached hydrogen (secondary N) is 1. The fourth-order valence-electron chi connectivity index (χ4n) is 1.37. The van der Waals surface area contributed by atoms with Crippen LogP contribution in [0.15, 0.2) is 36.5 Å². The molecule has 0 bridgehead atoms. The predicted molar refractivity (Wildman–Crippen MR) is 58.6 cm³/mol. The van der Waals surface area contributed by atoms with Crippen molar-refractivity contribution in [1.82, 2.24) is 4.98 Å². The van der Waals surface area contributed by atoms with E-state index in [1.165, 1.54) is 18.3 Å². The van der Waals surface area contributed by atoms with Gasteiger partial charge in [0.15, 0.2) is 0 Å². The molecule has 0 fully saturated rings. The minimum Gasteiger partial charge on any atom is -0.355 e. The highest BCUT2D eigenvalue weighted by Gasteiger charge is 2.00. The molecule has 0 aliphatic carbocycles. The van der Waals surface area contributed by atoms with Gasteiger partial charge in [-0.15, -0.1) is 0 Å². The molecule has 1 aromatic heterocycles. The number of hydrogen-bond acceptors (Lipinski definition) is 2. The zero-order chi connectivity index (χ0) is 11.5. The van der Waals surface area contributed by atoms with Crippen molar-refractivity contribution < 1.29 is 8.78 Å². The minimum atomic E-state index is -0.552. The zero-order valence-corrected chi connectivity index (χ0v) is 8.67. The van der Waals surface area contributed by atoms with Crippen LogP contribution in [0.2, 0.25) is 0 Å². The van der Waals surface area contributed by atoms with Crippen molar-refractivity contribution in [2.24, 2.45) is 0 Å². The molecule has 1 aromatic carbocycles. The quantitative estimate of drug-likeness (QED) is 0.784. The molecule has 0 spiro atoms. The van der Waals surface area contributed by atoms with E-state index in [0.717, 1.165) is 0 Å². The normalized spacial score (nSPS) is 10.2. The van der Waals surface area contributed by atoms with E-state index in [9.17, 15) is 8.78 Å². The molecule has 0 aliphatic rings. The van der Waals surface area contributed by atoms with Crippen molar-refractivity contribution in [3.63, 3.8) is 0 Å². The fraction of sp³-hybridized carbons (Fsp3) is 0.0833. The van der Waals surface area contributed by atoms with E-state index in [2.05, 4.69) is 10.3 Å². The fourth-order valence-corrected chi connectivity index (χ4v) is 1.37. The van der Waals surface area contributed by atoms with E-state index >= 15 is 0 Å².